The standard InChI is InChI=1S/C15H22O3Si/c1-3-6-12-8-9-13(14(11-12)16-2)18-19-15-7-4-5-10-17-15/h3,8-9,11,15H,1,4-7,10,19H2,2H3. The largest absolute Gasteiger partial charge is 0.544 e. The Bertz CT molecular complexity index is 414. The van der Waals surface area contributed by atoms with Crippen LogP contribution >= 0.6 is 0 Å². The molecule has 1 aromatic carbocycles. The zero-order chi connectivity index (χ0) is 13.5. The van der Waals surface area contributed by atoms with Crippen molar-refractivity contribution in [3.8, 4) is 11.5 Å². The quantitative estimate of drug-likeness (QED) is 0.591. The third kappa shape index (κ3) is 4.11. The molecule has 1 heterocycles. The van der Waals surface area contributed by atoms with Crippen LogP contribution in [0.4, 0.5) is 0 Å². The first kappa shape index (κ1) is 14.2. The molecule has 1 fully saturated rings. The van der Waals surface area contributed by atoms with Crippen molar-refractivity contribution in [1.82, 2.24) is 0 Å². The van der Waals surface area contributed by atoms with Gasteiger partial charge in [0.25, 0.3) is 0 Å². The molecule has 0 amide bonds. The summed E-state index contributed by atoms with van der Waals surface area (Å²) < 4.78 is 17.1. The van der Waals surface area contributed by atoms with E-state index in [1.165, 1.54) is 18.4 Å². The van der Waals surface area contributed by atoms with Crippen molar-refractivity contribution in [1.29, 1.82) is 0 Å². The maximum absolute atomic E-state index is 5.96. The lowest BCUT2D eigenvalue weighted by Crippen LogP contribution is -2.29. The normalized spacial score (nSPS) is 19.5. The number of benzene rings is 1. The highest BCUT2D eigenvalue weighted by Gasteiger charge is 2.16. The average Bonchev–Trinajstić information content (AvgIpc) is 2.47. The molecule has 1 saturated heterocycles. The summed E-state index contributed by atoms with van der Waals surface area (Å²) in [5.74, 6) is 1.65. The summed E-state index contributed by atoms with van der Waals surface area (Å²) in [5, 5.41) is 0. The van der Waals surface area contributed by atoms with Gasteiger partial charge in [0, 0.05) is 6.61 Å². The van der Waals surface area contributed by atoms with Gasteiger partial charge in [0.2, 0.25) is 9.76 Å². The summed E-state index contributed by atoms with van der Waals surface area (Å²) in [5.41, 5.74) is 1.54. The number of hydrogen-bond acceptors (Lipinski definition) is 3. The van der Waals surface area contributed by atoms with Crippen LogP contribution in [0.5, 0.6) is 11.5 Å². The molecule has 1 unspecified atom stereocenters. The highest BCUT2D eigenvalue weighted by atomic mass is 28.2. The lowest BCUT2D eigenvalue weighted by atomic mass is 10.1. The van der Waals surface area contributed by atoms with E-state index in [2.05, 4.69) is 12.6 Å². The van der Waals surface area contributed by atoms with E-state index in [-0.39, 0.29) is 0 Å². The van der Waals surface area contributed by atoms with E-state index in [1.807, 2.05) is 18.2 Å². The van der Waals surface area contributed by atoms with E-state index in [1.54, 1.807) is 7.11 Å². The van der Waals surface area contributed by atoms with Crippen molar-refractivity contribution in [2.24, 2.45) is 0 Å². The van der Waals surface area contributed by atoms with Gasteiger partial charge in [-0.05, 0) is 43.4 Å². The van der Waals surface area contributed by atoms with Gasteiger partial charge in [-0.3, -0.25) is 0 Å². The van der Waals surface area contributed by atoms with Crippen molar-refractivity contribution < 1.29 is 13.9 Å². The minimum atomic E-state index is -0.710. The van der Waals surface area contributed by atoms with Gasteiger partial charge < -0.3 is 13.9 Å². The number of allylic oxidation sites excluding steroid dienone is 1. The molecule has 0 spiro atoms. The Kier molecular flexibility index (Phi) is 5.48. The first-order valence-electron chi connectivity index (χ1n) is 6.85. The minimum absolute atomic E-state index is 0.353. The predicted molar refractivity (Wildman–Crippen MR) is 79.7 cm³/mol. The van der Waals surface area contributed by atoms with Crippen molar-refractivity contribution in [3.63, 3.8) is 0 Å². The lowest BCUT2D eigenvalue weighted by Gasteiger charge is -2.22. The van der Waals surface area contributed by atoms with Gasteiger partial charge in [0.1, 0.15) is 5.75 Å². The molecule has 0 N–H and O–H groups in total. The number of methoxy groups -OCH3 is 1. The summed E-state index contributed by atoms with van der Waals surface area (Å²) in [7, 11) is 0.969. The maximum atomic E-state index is 5.96. The topological polar surface area (TPSA) is 27.7 Å². The highest BCUT2D eigenvalue weighted by Crippen LogP contribution is 2.28. The summed E-state index contributed by atoms with van der Waals surface area (Å²) >= 11 is 0. The highest BCUT2D eigenvalue weighted by molar-refractivity contribution is 6.30. The molecule has 2 rings (SSSR count). The molecule has 0 aliphatic carbocycles. The van der Waals surface area contributed by atoms with Crippen molar-refractivity contribution in [2.45, 2.75) is 31.4 Å². The van der Waals surface area contributed by atoms with Gasteiger partial charge in [0.05, 0.1) is 12.8 Å². The summed E-state index contributed by atoms with van der Waals surface area (Å²) in [4.78, 5) is 0. The van der Waals surface area contributed by atoms with Gasteiger partial charge in [-0.2, -0.15) is 0 Å². The molecule has 1 atom stereocenters. The fraction of sp³-hybridized carbons (Fsp3) is 0.467. The molecule has 0 saturated carbocycles. The van der Waals surface area contributed by atoms with E-state index >= 15 is 0 Å². The van der Waals surface area contributed by atoms with Crippen LogP contribution in [0.25, 0.3) is 0 Å². The first-order valence-corrected chi connectivity index (χ1v) is 8.25. The van der Waals surface area contributed by atoms with Crippen molar-refractivity contribution in [3.05, 3.63) is 36.4 Å². The Balaban J connectivity index is 1.96. The van der Waals surface area contributed by atoms with Gasteiger partial charge in [0.15, 0.2) is 5.75 Å². The van der Waals surface area contributed by atoms with Crippen LogP contribution < -0.4 is 9.16 Å². The minimum Gasteiger partial charge on any atom is -0.544 e. The SMILES string of the molecule is C=CCc1ccc(O[SiH2]C2CCCCO2)c(OC)c1. The molecule has 0 aromatic heterocycles. The molecule has 104 valence electrons. The first-order chi connectivity index (χ1) is 9.33. The molecule has 3 nitrogen and oxygen atoms in total. The smallest absolute Gasteiger partial charge is 0.248 e. The second kappa shape index (κ2) is 7.36. The molecule has 19 heavy (non-hydrogen) atoms. The third-order valence-electron chi connectivity index (χ3n) is 3.31. The molecular formula is C15H22O3Si. The second-order valence-electron chi connectivity index (χ2n) is 4.78. The average molecular weight is 278 g/mol. The fourth-order valence-corrected chi connectivity index (χ4v) is 3.57. The Morgan fingerprint density at radius 1 is 1.42 bits per heavy atom. The second-order valence-corrected chi connectivity index (χ2v) is 6.31. The molecule has 1 aliphatic heterocycles. The molecule has 1 aromatic rings. The van der Waals surface area contributed by atoms with Crippen LogP contribution in [-0.2, 0) is 11.2 Å². The molecule has 0 bridgehead atoms. The van der Waals surface area contributed by atoms with Crippen LogP contribution in [0.2, 0.25) is 0 Å². The van der Waals surface area contributed by atoms with Crippen molar-refractivity contribution >= 4 is 9.76 Å². The number of ether oxygens (including phenoxy) is 2. The van der Waals surface area contributed by atoms with Crippen LogP contribution in [0.3, 0.4) is 0 Å². The molecular weight excluding hydrogens is 256 g/mol. The molecule has 1 aliphatic rings. The van der Waals surface area contributed by atoms with Crippen LogP contribution in [0.1, 0.15) is 24.8 Å². The Morgan fingerprint density at radius 2 is 2.32 bits per heavy atom. The summed E-state index contributed by atoms with van der Waals surface area (Å²) in [6.07, 6.45) is 6.32. The Hall–Kier alpha value is -1.26. The third-order valence-corrected chi connectivity index (χ3v) is 4.80. The van der Waals surface area contributed by atoms with Crippen LogP contribution in [-0.4, -0.2) is 29.2 Å². The van der Waals surface area contributed by atoms with Crippen molar-refractivity contribution in [2.75, 3.05) is 13.7 Å². The van der Waals surface area contributed by atoms with E-state index in [0.29, 0.717) is 5.73 Å². The summed E-state index contributed by atoms with van der Waals surface area (Å²) in [6.45, 7) is 4.64. The Morgan fingerprint density at radius 3 is 3.00 bits per heavy atom. The van der Waals surface area contributed by atoms with Gasteiger partial charge >= 0.3 is 0 Å². The van der Waals surface area contributed by atoms with Crippen LogP contribution in [0.15, 0.2) is 30.9 Å². The Labute approximate surface area is 117 Å². The number of rotatable bonds is 6. The van der Waals surface area contributed by atoms with E-state index in [9.17, 15) is 0 Å². The van der Waals surface area contributed by atoms with Gasteiger partial charge in [-0.15, -0.1) is 6.58 Å². The zero-order valence-corrected chi connectivity index (χ0v) is 13.0. The van der Waals surface area contributed by atoms with E-state index in [0.717, 1.165) is 30.9 Å². The van der Waals surface area contributed by atoms with Crippen LogP contribution in [0, 0.1) is 0 Å². The predicted octanol–water partition coefficient (Wildman–Crippen LogP) is 2.41. The monoisotopic (exact) mass is 278 g/mol. The van der Waals surface area contributed by atoms with Gasteiger partial charge in [-0.25, -0.2) is 0 Å². The fourth-order valence-electron chi connectivity index (χ4n) is 2.25. The summed E-state index contributed by atoms with van der Waals surface area (Å²) in [6, 6.07) is 6.08. The number of hydrogen-bond donors (Lipinski definition) is 0. The van der Waals surface area contributed by atoms with Gasteiger partial charge in [-0.1, -0.05) is 12.1 Å². The lowest BCUT2D eigenvalue weighted by molar-refractivity contribution is 0.0598. The maximum Gasteiger partial charge on any atom is 0.248 e. The zero-order valence-electron chi connectivity index (χ0n) is 11.6. The van der Waals surface area contributed by atoms with E-state index in [4.69, 9.17) is 13.9 Å². The molecule has 0 radical (unpaired) electrons. The molecule has 4 heteroatoms. The van der Waals surface area contributed by atoms with E-state index < -0.39 is 9.76 Å².